The first kappa shape index (κ1) is 29.1. The van der Waals surface area contributed by atoms with Crippen molar-refractivity contribution >= 4 is 60.5 Å². The van der Waals surface area contributed by atoms with E-state index < -0.39 is 37.9 Å². The minimum Gasteiger partial charge on any atom is -0.382 e. The number of nitrogen functional groups attached to an aromatic ring is 1. The second-order valence-corrected chi connectivity index (χ2v) is 15.7. The van der Waals surface area contributed by atoms with Gasteiger partial charge in [-0.2, -0.15) is 0 Å². The number of carbonyl (C=O) groups excluding carboxylic acids is 1. The number of imidazole rings is 1. The minimum absolute atomic E-state index is 0.0165. The lowest BCUT2D eigenvalue weighted by Gasteiger charge is -2.45. The molecule has 220 valence electrons. The predicted molar refractivity (Wildman–Crippen MR) is 151 cm³/mol. The molecule has 41 heavy (non-hydrogen) atoms. The van der Waals surface area contributed by atoms with Crippen LogP contribution in [0.3, 0.4) is 0 Å². The van der Waals surface area contributed by atoms with Crippen LogP contribution in [0.2, 0.25) is 0 Å². The maximum atomic E-state index is 13.2. The number of fused-ring (bicyclic) bond motifs is 3. The summed E-state index contributed by atoms with van der Waals surface area (Å²) in [6, 6.07) is 3.41. The molecule has 1 aliphatic carbocycles. The fourth-order valence-electron chi connectivity index (χ4n) is 5.44. The van der Waals surface area contributed by atoms with Crippen molar-refractivity contribution in [1.82, 2.24) is 24.5 Å². The molecule has 3 aliphatic rings. The highest BCUT2D eigenvalue weighted by Crippen LogP contribution is 2.58. The molecule has 5 N–H and O–H groups in total. The van der Waals surface area contributed by atoms with Crippen LogP contribution >= 0.6 is 25.8 Å². The van der Waals surface area contributed by atoms with Gasteiger partial charge in [0.05, 0.1) is 32.3 Å². The predicted octanol–water partition coefficient (Wildman–Crippen LogP) is 2.31. The molecule has 1 amide bonds. The van der Waals surface area contributed by atoms with Gasteiger partial charge in [0.2, 0.25) is 0 Å². The van der Waals surface area contributed by atoms with Gasteiger partial charge in [-0.1, -0.05) is 12.2 Å². The van der Waals surface area contributed by atoms with Crippen LogP contribution in [0.25, 0.3) is 11.2 Å². The molecule has 6 rings (SSSR count). The van der Waals surface area contributed by atoms with Crippen molar-refractivity contribution in [2.24, 2.45) is 17.6 Å². The Hall–Kier alpha value is -2.04. The largest absolute Gasteiger partial charge is 0.386 e. The number of thiol groups is 1. The lowest BCUT2D eigenvalue weighted by atomic mass is 9.63. The minimum atomic E-state index is -3.84. The number of ether oxygens (including phenoxy) is 1. The fraction of sp³-hybridized carbons (Fsp3) is 0.500. The van der Waals surface area contributed by atoms with Gasteiger partial charge in [0.15, 0.2) is 11.5 Å². The summed E-state index contributed by atoms with van der Waals surface area (Å²) >= 11 is 9.52. The zero-order valence-corrected chi connectivity index (χ0v) is 24.8. The molecule has 0 spiro atoms. The van der Waals surface area contributed by atoms with Crippen LogP contribution in [0.15, 0.2) is 31.0 Å². The SMILES string of the molecule is NC(=O)c1cc([C@@H]2C[C@@H]3COP(O)(=S)O[C@H]4C[C@H](n5cnc6c(N)ncnc65)O[C@@H]4COP(=O)(S)OC[C@H]32)ccn1. The molecular weight excluding hydrogens is 616 g/mol. The van der Waals surface area contributed by atoms with E-state index in [2.05, 4.69) is 32.2 Å². The van der Waals surface area contributed by atoms with Gasteiger partial charge in [0.1, 0.15) is 29.9 Å². The van der Waals surface area contributed by atoms with Gasteiger partial charge in [-0.3, -0.25) is 18.9 Å². The molecule has 0 aromatic carbocycles. The molecule has 15 nitrogen and oxygen atoms in total. The summed E-state index contributed by atoms with van der Waals surface area (Å²) < 4.78 is 44.0. The van der Waals surface area contributed by atoms with Crippen molar-refractivity contribution < 1.29 is 37.1 Å². The molecule has 3 aromatic heterocycles. The molecule has 1 saturated carbocycles. The molecule has 8 atom stereocenters. The van der Waals surface area contributed by atoms with Gasteiger partial charge < -0.3 is 34.7 Å². The number of aromatic nitrogens is 5. The van der Waals surface area contributed by atoms with E-state index in [0.29, 0.717) is 17.6 Å². The number of hydrogen-bond donors (Lipinski definition) is 4. The number of anilines is 1. The number of carbonyl (C=O) groups is 1. The zero-order chi connectivity index (χ0) is 28.9. The Balaban J connectivity index is 1.21. The van der Waals surface area contributed by atoms with E-state index in [0.717, 1.165) is 5.56 Å². The van der Waals surface area contributed by atoms with Gasteiger partial charge in [-0.05, 0) is 53.7 Å². The van der Waals surface area contributed by atoms with E-state index in [-0.39, 0.29) is 55.5 Å². The third-order valence-electron chi connectivity index (χ3n) is 7.57. The topological polar surface area (TPSA) is 209 Å². The Morgan fingerprint density at radius 3 is 2.73 bits per heavy atom. The third kappa shape index (κ3) is 6.07. The van der Waals surface area contributed by atoms with E-state index >= 15 is 0 Å². The van der Waals surface area contributed by atoms with Crippen molar-refractivity contribution in [3.05, 3.63) is 42.2 Å². The molecule has 0 bridgehead atoms. The first-order chi connectivity index (χ1) is 19.5. The first-order valence-corrected chi connectivity index (χ1v) is 17.9. The second-order valence-electron chi connectivity index (χ2n) is 10.0. The van der Waals surface area contributed by atoms with Crippen molar-refractivity contribution in [3.63, 3.8) is 0 Å². The number of hydrogen-bond acceptors (Lipinski definition) is 13. The van der Waals surface area contributed by atoms with Gasteiger partial charge >= 0.3 is 13.5 Å². The van der Waals surface area contributed by atoms with Crippen LogP contribution in [0.1, 0.15) is 41.0 Å². The zero-order valence-electron chi connectivity index (χ0n) is 21.3. The number of rotatable bonds is 3. The van der Waals surface area contributed by atoms with Gasteiger partial charge in [0.25, 0.3) is 5.91 Å². The van der Waals surface area contributed by atoms with Crippen molar-refractivity contribution in [3.8, 4) is 0 Å². The summed E-state index contributed by atoms with van der Waals surface area (Å²) in [6.45, 7) is -7.70. The average Bonchev–Trinajstić information content (AvgIpc) is 3.51. The van der Waals surface area contributed by atoms with E-state index in [1.165, 1.54) is 18.9 Å². The highest BCUT2D eigenvalue weighted by atomic mass is 32.7. The lowest BCUT2D eigenvalue weighted by molar-refractivity contribution is -0.0375. The van der Waals surface area contributed by atoms with E-state index in [9.17, 15) is 14.3 Å². The van der Waals surface area contributed by atoms with Crippen LogP contribution in [-0.4, -0.2) is 67.3 Å². The third-order valence-corrected chi connectivity index (χ3v) is 10.8. The highest BCUT2D eigenvalue weighted by molar-refractivity contribution is 8.44. The molecule has 3 aromatic rings. The first-order valence-electron chi connectivity index (χ1n) is 12.6. The Morgan fingerprint density at radius 2 is 1.93 bits per heavy atom. The number of nitrogens with two attached hydrogens (primary N) is 2. The number of primary amides is 1. The summed E-state index contributed by atoms with van der Waals surface area (Å²) in [5, 5.41) is 0. The van der Waals surface area contributed by atoms with Crippen LogP contribution in [0.5, 0.6) is 0 Å². The molecule has 19 heteroatoms. The van der Waals surface area contributed by atoms with Crippen LogP contribution in [0, 0.1) is 11.8 Å². The second kappa shape index (κ2) is 11.2. The Morgan fingerprint density at radius 1 is 1.12 bits per heavy atom. The highest BCUT2D eigenvalue weighted by Gasteiger charge is 2.46. The maximum Gasteiger partial charge on any atom is 0.386 e. The molecule has 2 aliphatic heterocycles. The van der Waals surface area contributed by atoms with Crippen LogP contribution in [0.4, 0.5) is 5.82 Å². The number of pyridine rings is 1. The summed E-state index contributed by atoms with van der Waals surface area (Å²) in [7, 11) is 0. The molecule has 5 heterocycles. The summed E-state index contributed by atoms with van der Waals surface area (Å²) in [5.74, 6) is -0.829. The summed E-state index contributed by atoms with van der Waals surface area (Å²) in [5.41, 5.74) is 13.1. The number of nitrogens with zero attached hydrogens (tertiary/aromatic N) is 5. The van der Waals surface area contributed by atoms with E-state index in [4.69, 9.17) is 46.1 Å². The standard InChI is InChI=1S/C22H27N7O8P2S2/c23-20-19-22(27-9-26-20)29(10-28-19)18-5-16-17(36-18)8-35-38(31,40)34-7-14-12(6-33-39(32,41)37-16)3-13(14)11-1-2-25-15(4-11)21(24)30/h1-2,4,9-10,12-14,16-18H,3,5-8H2,(H2,24,30)(H,31,40)(H,32,41)(H2,23,26,27)/t12-,13+,14-,16+,17-,18-,38?,39?/m1/s1. The molecule has 2 unspecified atom stereocenters. The summed E-state index contributed by atoms with van der Waals surface area (Å²) in [4.78, 5) is 39.1. The fourth-order valence-corrected chi connectivity index (χ4v) is 8.13. The van der Waals surface area contributed by atoms with Gasteiger partial charge in [0, 0.05) is 12.6 Å². The molecule has 0 radical (unpaired) electrons. The Kier molecular flexibility index (Phi) is 7.96. The van der Waals surface area contributed by atoms with Gasteiger partial charge in [-0.15, -0.1) is 0 Å². The van der Waals surface area contributed by atoms with Crippen molar-refractivity contribution in [2.45, 2.75) is 37.2 Å². The Bertz CT molecular complexity index is 1580. The lowest BCUT2D eigenvalue weighted by Crippen LogP contribution is -2.40. The van der Waals surface area contributed by atoms with Crippen molar-refractivity contribution in [2.75, 3.05) is 25.6 Å². The van der Waals surface area contributed by atoms with Crippen molar-refractivity contribution in [1.29, 1.82) is 0 Å². The van der Waals surface area contributed by atoms with Crippen LogP contribution in [-0.2, 0) is 39.2 Å². The van der Waals surface area contributed by atoms with E-state index in [1.54, 1.807) is 16.7 Å². The van der Waals surface area contributed by atoms with Crippen LogP contribution < -0.4 is 11.5 Å². The molecular formula is C22H27N7O8P2S2. The van der Waals surface area contributed by atoms with E-state index in [1.807, 2.05) is 0 Å². The molecule has 3 fully saturated rings. The molecule has 2 saturated heterocycles. The average molecular weight is 644 g/mol. The quantitative estimate of drug-likeness (QED) is 0.239. The number of amides is 1. The smallest absolute Gasteiger partial charge is 0.382 e. The summed E-state index contributed by atoms with van der Waals surface area (Å²) in [6.07, 6.45) is 2.95. The normalized spacial score (nSPS) is 36.2. The van der Waals surface area contributed by atoms with Gasteiger partial charge in [-0.25, -0.2) is 19.5 Å². The monoisotopic (exact) mass is 643 g/mol. The maximum absolute atomic E-state index is 13.2. The Labute approximate surface area is 244 Å².